The van der Waals surface area contributed by atoms with Crippen LogP contribution in [-0.2, 0) is 9.53 Å². The number of hydrogen-bond donors (Lipinski definition) is 1. The molecule has 0 aromatic heterocycles. The highest BCUT2D eigenvalue weighted by Crippen LogP contribution is 2.35. The Bertz CT molecular complexity index is 412. The van der Waals surface area contributed by atoms with Crippen molar-refractivity contribution in [1.29, 1.82) is 0 Å². The molecule has 1 aliphatic rings. The quantitative estimate of drug-likeness (QED) is 0.855. The minimum atomic E-state index is -0.311. The molecule has 1 saturated carbocycles. The fourth-order valence-electron chi connectivity index (χ4n) is 1.74. The number of hydrogen-bond acceptors (Lipinski definition) is 3. The summed E-state index contributed by atoms with van der Waals surface area (Å²) < 4.78 is 4.78. The first-order chi connectivity index (χ1) is 8.10. The fraction of sp³-hybridized carbons (Fsp3) is 0.417. The van der Waals surface area contributed by atoms with E-state index in [-0.39, 0.29) is 12.0 Å². The molecule has 1 unspecified atom stereocenters. The Morgan fingerprint density at radius 3 is 2.41 bits per heavy atom. The summed E-state index contributed by atoms with van der Waals surface area (Å²) in [6.45, 7) is 0. The summed E-state index contributed by atoms with van der Waals surface area (Å²) in [6.07, 6.45) is 2.09. The van der Waals surface area contributed by atoms with Gasteiger partial charge in [0.05, 0.1) is 7.11 Å². The molecular formula is C12H13Cl2NO2. The molecule has 1 aromatic rings. The molecule has 1 aromatic carbocycles. The van der Waals surface area contributed by atoms with Crippen LogP contribution in [-0.4, -0.2) is 19.1 Å². The van der Waals surface area contributed by atoms with Gasteiger partial charge < -0.3 is 10.1 Å². The average Bonchev–Trinajstić information content (AvgIpc) is 3.07. The zero-order chi connectivity index (χ0) is 12.4. The van der Waals surface area contributed by atoms with Crippen LogP contribution in [0.3, 0.4) is 0 Å². The first-order valence-electron chi connectivity index (χ1n) is 5.40. The summed E-state index contributed by atoms with van der Waals surface area (Å²) in [5, 5.41) is 4.21. The summed E-state index contributed by atoms with van der Waals surface area (Å²) in [5.74, 6) is 0.101. The Hall–Kier alpha value is -0.930. The van der Waals surface area contributed by atoms with Gasteiger partial charge in [0.2, 0.25) is 0 Å². The van der Waals surface area contributed by atoms with Gasteiger partial charge in [-0.05, 0) is 37.0 Å². The highest BCUT2D eigenvalue weighted by atomic mass is 35.5. The van der Waals surface area contributed by atoms with Crippen molar-refractivity contribution in [3.05, 3.63) is 28.2 Å². The molecule has 3 nitrogen and oxygen atoms in total. The average molecular weight is 274 g/mol. The predicted molar refractivity (Wildman–Crippen MR) is 68.6 cm³/mol. The summed E-state index contributed by atoms with van der Waals surface area (Å²) in [4.78, 5) is 11.6. The molecule has 1 fully saturated rings. The number of anilines is 1. The number of nitrogens with one attached hydrogen (secondary N) is 1. The van der Waals surface area contributed by atoms with Crippen molar-refractivity contribution in [3.63, 3.8) is 0 Å². The van der Waals surface area contributed by atoms with E-state index in [1.165, 1.54) is 7.11 Å². The van der Waals surface area contributed by atoms with Crippen LogP contribution >= 0.6 is 23.2 Å². The molecule has 92 valence electrons. The van der Waals surface area contributed by atoms with Crippen LogP contribution in [0.25, 0.3) is 0 Å². The van der Waals surface area contributed by atoms with Crippen molar-refractivity contribution in [2.24, 2.45) is 5.92 Å². The van der Waals surface area contributed by atoms with Crippen molar-refractivity contribution in [1.82, 2.24) is 0 Å². The lowest BCUT2D eigenvalue weighted by Crippen LogP contribution is -2.32. The van der Waals surface area contributed by atoms with Crippen LogP contribution in [0.5, 0.6) is 0 Å². The van der Waals surface area contributed by atoms with E-state index in [0.29, 0.717) is 16.0 Å². The van der Waals surface area contributed by atoms with Gasteiger partial charge in [-0.2, -0.15) is 0 Å². The van der Waals surface area contributed by atoms with Crippen LogP contribution in [0.2, 0.25) is 10.0 Å². The van der Waals surface area contributed by atoms with Crippen LogP contribution in [0.15, 0.2) is 18.2 Å². The lowest BCUT2D eigenvalue weighted by Gasteiger charge is -2.17. The van der Waals surface area contributed by atoms with E-state index in [0.717, 1.165) is 18.5 Å². The molecule has 0 heterocycles. The normalized spacial score (nSPS) is 16.4. The molecule has 1 atom stereocenters. The Morgan fingerprint density at radius 1 is 1.35 bits per heavy atom. The molecule has 17 heavy (non-hydrogen) atoms. The second kappa shape index (κ2) is 5.15. The number of rotatable bonds is 4. The standard InChI is InChI=1S/C12H13Cl2NO2/c1-17-12(16)11(7-2-3-7)15-10-5-8(13)4-9(14)6-10/h4-7,11,15H,2-3H2,1H3. The van der Waals surface area contributed by atoms with Gasteiger partial charge in [-0.3, -0.25) is 0 Å². The van der Waals surface area contributed by atoms with Gasteiger partial charge in [0.15, 0.2) is 0 Å². The molecule has 1 aliphatic carbocycles. The fourth-order valence-corrected chi connectivity index (χ4v) is 2.27. The molecule has 0 spiro atoms. The second-order valence-corrected chi connectivity index (χ2v) is 5.01. The number of carbonyl (C=O) groups excluding carboxylic acids is 1. The molecule has 0 amide bonds. The first-order valence-corrected chi connectivity index (χ1v) is 6.16. The zero-order valence-corrected chi connectivity index (χ0v) is 10.9. The van der Waals surface area contributed by atoms with Crippen molar-refractivity contribution in [3.8, 4) is 0 Å². The molecule has 0 saturated heterocycles. The Kier molecular flexibility index (Phi) is 3.79. The first kappa shape index (κ1) is 12.5. The number of benzene rings is 1. The van der Waals surface area contributed by atoms with Gasteiger partial charge in [0, 0.05) is 15.7 Å². The minimum absolute atomic E-state index is 0.247. The number of methoxy groups -OCH3 is 1. The predicted octanol–water partition coefficient (Wildman–Crippen LogP) is 3.36. The highest BCUT2D eigenvalue weighted by Gasteiger charge is 2.37. The number of carbonyl (C=O) groups is 1. The van der Waals surface area contributed by atoms with E-state index in [1.54, 1.807) is 18.2 Å². The van der Waals surface area contributed by atoms with Gasteiger partial charge in [-0.15, -0.1) is 0 Å². The van der Waals surface area contributed by atoms with Crippen molar-refractivity contribution in [2.75, 3.05) is 12.4 Å². The molecule has 0 aliphatic heterocycles. The number of ether oxygens (including phenoxy) is 1. The third-order valence-corrected chi connectivity index (χ3v) is 3.17. The monoisotopic (exact) mass is 273 g/mol. The topological polar surface area (TPSA) is 38.3 Å². The van der Waals surface area contributed by atoms with Crippen LogP contribution in [0.1, 0.15) is 12.8 Å². The lowest BCUT2D eigenvalue weighted by molar-refractivity contribution is -0.142. The van der Waals surface area contributed by atoms with Gasteiger partial charge in [-0.1, -0.05) is 23.2 Å². The third kappa shape index (κ3) is 3.27. The van der Waals surface area contributed by atoms with Crippen molar-refractivity contribution < 1.29 is 9.53 Å². The van der Waals surface area contributed by atoms with E-state index in [9.17, 15) is 4.79 Å². The number of esters is 1. The van der Waals surface area contributed by atoms with Gasteiger partial charge in [-0.25, -0.2) is 4.79 Å². The molecular weight excluding hydrogens is 261 g/mol. The van der Waals surface area contributed by atoms with E-state index in [2.05, 4.69) is 5.32 Å². The van der Waals surface area contributed by atoms with Crippen molar-refractivity contribution >= 4 is 34.9 Å². The van der Waals surface area contributed by atoms with E-state index in [4.69, 9.17) is 27.9 Å². The lowest BCUT2D eigenvalue weighted by atomic mass is 10.1. The smallest absolute Gasteiger partial charge is 0.328 e. The Labute approximate surface area is 110 Å². The molecule has 5 heteroatoms. The van der Waals surface area contributed by atoms with E-state index >= 15 is 0 Å². The second-order valence-electron chi connectivity index (χ2n) is 4.14. The van der Waals surface area contributed by atoms with E-state index < -0.39 is 0 Å². The minimum Gasteiger partial charge on any atom is -0.467 e. The van der Waals surface area contributed by atoms with Crippen LogP contribution < -0.4 is 5.32 Å². The highest BCUT2D eigenvalue weighted by molar-refractivity contribution is 6.35. The molecule has 1 N–H and O–H groups in total. The SMILES string of the molecule is COC(=O)C(Nc1cc(Cl)cc(Cl)c1)C1CC1. The van der Waals surface area contributed by atoms with Gasteiger partial charge >= 0.3 is 5.97 Å². The molecule has 2 rings (SSSR count). The Balaban J connectivity index is 2.14. The number of halogens is 2. The summed E-state index contributed by atoms with van der Waals surface area (Å²) in [6, 6.07) is 4.82. The largest absolute Gasteiger partial charge is 0.467 e. The van der Waals surface area contributed by atoms with Gasteiger partial charge in [0.25, 0.3) is 0 Å². The Morgan fingerprint density at radius 2 is 1.94 bits per heavy atom. The third-order valence-electron chi connectivity index (χ3n) is 2.73. The summed E-state index contributed by atoms with van der Waals surface area (Å²) >= 11 is 11.8. The molecule has 0 radical (unpaired) electrons. The molecule has 0 bridgehead atoms. The van der Waals surface area contributed by atoms with Crippen molar-refractivity contribution in [2.45, 2.75) is 18.9 Å². The maximum atomic E-state index is 11.6. The summed E-state index contributed by atoms with van der Waals surface area (Å²) in [7, 11) is 1.39. The maximum Gasteiger partial charge on any atom is 0.328 e. The summed E-state index contributed by atoms with van der Waals surface area (Å²) in [5.41, 5.74) is 0.741. The zero-order valence-electron chi connectivity index (χ0n) is 9.37. The maximum absolute atomic E-state index is 11.6. The van der Waals surface area contributed by atoms with Gasteiger partial charge in [0.1, 0.15) is 6.04 Å². The van der Waals surface area contributed by atoms with E-state index in [1.807, 2.05) is 0 Å². The van der Waals surface area contributed by atoms with Crippen LogP contribution in [0, 0.1) is 5.92 Å². The van der Waals surface area contributed by atoms with Crippen LogP contribution in [0.4, 0.5) is 5.69 Å².